The van der Waals surface area contributed by atoms with Crippen LogP contribution < -0.4 is 5.32 Å². The molecule has 0 heterocycles. The van der Waals surface area contributed by atoms with Crippen molar-refractivity contribution in [2.45, 2.75) is 12.3 Å². The SMILES string of the molecule is O=C(NCCC=Cc1cc(Cl)cc(Cl)c1Cl)OCC1c2ccccc2-c2ccccc21. The molecule has 1 amide bonds. The molecular weight excluding hydrogens is 453 g/mol. The van der Waals surface area contributed by atoms with Crippen LogP contribution in [0.2, 0.25) is 15.1 Å². The molecular formula is C25H20Cl3NO2. The molecule has 0 bridgehead atoms. The number of ether oxygens (including phenoxy) is 1. The summed E-state index contributed by atoms with van der Waals surface area (Å²) in [5.41, 5.74) is 5.53. The Morgan fingerprint density at radius 1 is 0.968 bits per heavy atom. The predicted octanol–water partition coefficient (Wildman–Crippen LogP) is 7.59. The molecule has 3 aromatic rings. The van der Waals surface area contributed by atoms with Crippen molar-refractivity contribution in [3.63, 3.8) is 0 Å². The van der Waals surface area contributed by atoms with Gasteiger partial charge in [-0.2, -0.15) is 0 Å². The summed E-state index contributed by atoms with van der Waals surface area (Å²) >= 11 is 18.2. The largest absolute Gasteiger partial charge is 0.449 e. The van der Waals surface area contributed by atoms with Gasteiger partial charge in [-0.1, -0.05) is 95.5 Å². The van der Waals surface area contributed by atoms with Gasteiger partial charge in [0.2, 0.25) is 0 Å². The molecule has 1 aliphatic carbocycles. The van der Waals surface area contributed by atoms with E-state index in [1.807, 2.05) is 36.4 Å². The van der Waals surface area contributed by atoms with Crippen LogP contribution in [0.4, 0.5) is 4.79 Å². The first-order chi connectivity index (χ1) is 15.0. The summed E-state index contributed by atoms with van der Waals surface area (Å²) in [7, 11) is 0. The second kappa shape index (κ2) is 9.78. The van der Waals surface area contributed by atoms with Crippen molar-refractivity contribution in [3.05, 3.63) is 98.5 Å². The van der Waals surface area contributed by atoms with Gasteiger partial charge in [0.25, 0.3) is 0 Å². The van der Waals surface area contributed by atoms with Gasteiger partial charge in [-0.05, 0) is 46.4 Å². The highest BCUT2D eigenvalue weighted by atomic mass is 35.5. The summed E-state index contributed by atoms with van der Waals surface area (Å²) in [4.78, 5) is 12.2. The Bertz CT molecular complexity index is 1100. The monoisotopic (exact) mass is 471 g/mol. The van der Waals surface area contributed by atoms with E-state index < -0.39 is 6.09 Å². The first-order valence-corrected chi connectivity index (χ1v) is 11.1. The van der Waals surface area contributed by atoms with Crippen molar-refractivity contribution in [2.75, 3.05) is 13.2 Å². The van der Waals surface area contributed by atoms with Crippen molar-refractivity contribution in [1.82, 2.24) is 5.32 Å². The van der Waals surface area contributed by atoms with Crippen LogP contribution in [0.1, 0.15) is 29.0 Å². The van der Waals surface area contributed by atoms with Crippen LogP contribution in [-0.2, 0) is 4.74 Å². The molecule has 0 aromatic heterocycles. The first-order valence-electron chi connectivity index (χ1n) is 9.94. The van der Waals surface area contributed by atoms with Gasteiger partial charge < -0.3 is 10.1 Å². The van der Waals surface area contributed by atoms with E-state index in [1.54, 1.807) is 12.1 Å². The van der Waals surface area contributed by atoms with Crippen LogP contribution >= 0.6 is 34.8 Å². The minimum absolute atomic E-state index is 0.0489. The normalized spacial score (nSPS) is 12.6. The molecule has 3 aromatic carbocycles. The lowest BCUT2D eigenvalue weighted by molar-refractivity contribution is 0.143. The molecule has 0 fully saturated rings. The molecule has 0 atom stereocenters. The fourth-order valence-corrected chi connectivity index (χ4v) is 4.50. The molecule has 0 saturated heterocycles. The van der Waals surface area contributed by atoms with E-state index in [-0.39, 0.29) is 5.92 Å². The van der Waals surface area contributed by atoms with Crippen molar-refractivity contribution >= 4 is 47.0 Å². The second-order valence-corrected chi connectivity index (χ2v) is 8.46. The standard InChI is InChI=1S/C25H20Cl3NO2/c26-17-13-16(24(28)23(27)14-17)7-5-6-12-29-25(30)31-15-22-20-10-3-1-8-18(20)19-9-2-4-11-21(19)22/h1-5,7-11,13-14,22H,6,12,15H2,(H,29,30). The number of carbonyl (C=O) groups is 1. The van der Waals surface area contributed by atoms with Gasteiger partial charge in [-0.15, -0.1) is 0 Å². The topological polar surface area (TPSA) is 38.3 Å². The van der Waals surface area contributed by atoms with Crippen LogP contribution in [0.15, 0.2) is 66.7 Å². The minimum atomic E-state index is -0.431. The Labute approximate surface area is 196 Å². The quantitative estimate of drug-likeness (QED) is 0.296. The molecule has 3 nitrogen and oxygen atoms in total. The average molecular weight is 473 g/mol. The molecule has 6 heteroatoms. The van der Waals surface area contributed by atoms with E-state index in [2.05, 4.69) is 29.6 Å². The number of hydrogen-bond donors (Lipinski definition) is 1. The van der Waals surface area contributed by atoms with Crippen molar-refractivity contribution in [3.8, 4) is 11.1 Å². The molecule has 31 heavy (non-hydrogen) atoms. The summed E-state index contributed by atoms with van der Waals surface area (Å²) in [6.07, 6.45) is 3.92. The summed E-state index contributed by atoms with van der Waals surface area (Å²) in [5, 5.41) is 4.16. The highest BCUT2D eigenvalue weighted by Crippen LogP contribution is 2.44. The maximum Gasteiger partial charge on any atom is 0.407 e. The number of alkyl carbamates (subject to hydrolysis) is 1. The van der Waals surface area contributed by atoms with Gasteiger partial charge in [0.1, 0.15) is 6.61 Å². The summed E-state index contributed by atoms with van der Waals surface area (Å²) in [6.45, 7) is 0.741. The first kappa shape index (κ1) is 21.8. The van der Waals surface area contributed by atoms with Gasteiger partial charge in [-0.3, -0.25) is 0 Å². The fourth-order valence-electron chi connectivity index (χ4n) is 3.81. The number of nitrogens with one attached hydrogen (secondary N) is 1. The van der Waals surface area contributed by atoms with E-state index >= 15 is 0 Å². The van der Waals surface area contributed by atoms with Crippen LogP contribution in [-0.4, -0.2) is 19.2 Å². The Balaban J connectivity index is 1.29. The zero-order chi connectivity index (χ0) is 21.8. The van der Waals surface area contributed by atoms with Gasteiger partial charge in [-0.25, -0.2) is 4.79 Å². The minimum Gasteiger partial charge on any atom is -0.449 e. The van der Waals surface area contributed by atoms with Gasteiger partial charge >= 0.3 is 6.09 Å². The molecule has 0 spiro atoms. The summed E-state index contributed by atoms with van der Waals surface area (Å²) in [6, 6.07) is 19.9. The van der Waals surface area contributed by atoms with Gasteiger partial charge in [0, 0.05) is 17.5 Å². The fraction of sp³-hybridized carbons (Fsp3) is 0.160. The molecule has 0 aliphatic heterocycles. The molecule has 0 radical (unpaired) electrons. The number of hydrogen-bond acceptors (Lipinski definition) is 2. The van der Waals surface area contributed by atoms with Crippen LogP contribution in [0.5, 0.6) is 0 Å². The van der Waals surface area contributed by atoms with Crippen LogP contribution in [0.3, 0.4) is 0 Å². The van der Waals surface area contributed by atoms with Crippen LogP contribution in [0, 0.1) is 0 Å². The lowest BCUT2D eigenvalue weighted by atomic mass is 9.98. The predicted molar refractivity (Wildman–Crippen MR) is 128 cm³/mol. The van der Waals surface area contributed by atoms with Gasteiger partial charge in [0.05, 0.1) is 10.0 Å². The van der Waals surface area contributed by atoms with E-state index in [0.29, 0.717) is 34.6 Å². The third kappa shape index (κ3) is 4.90. The third-order valence-corrected chi connectivity index (χ3v) is 6.28. The smallest absolute Gasteiger partial charge is 0.407 e. The molecule has 4 rings (SSSR count). The number of amides is 1. The molecule has 0 unspecified atom stereocenters. The number of benzene rings is 3. The zero-order valence-corrected chi connectivity index (χ0v) is 18.8. The lowest BCUT2D eigenvalue weighted by Gasteiger charge is -2.14. The number of rotatable bonds is 6. The van der Waals surface area contributed by atoms with Crippen molar-refractivity contribution in [1.29, 1.82) is 0 Å². The molecule has 1 aliphatic rings. The van der Waals surface area contributed by atoms with Crippen molar-refractivity contribution < 1.29 is 9.53 Å². The van der Waals surface area contributed by atoms with Crippen molar-refractivity contribution in [2.24, 2.45) is 0 Å². The highest BCUT2D eigenvalue weighted by molar-refractivity contribution is 6.44. The second-order valence-electron chi connectivity index (χ2n) is 7.23. The molecule has 1 N–H and O–H groups in total. The van der Waals surface area contributed by atoms with Gasteiger partial charge in [0.15, 0.2) is 0 Å². The lowest BCUT2D eigenvalue weighted by Crippen LogP contribution is -2.26. The maximum atomic E-state index is 12.2. The molecule has 158 valence electrons. The number of carbonyl (C=O) groups excluding carboxylic acids is 1. The highest BCUT2D eigenvalue weighted by Gasteiger charge is 2.28. The third-order valence-electron chi connectivity index (χ3n) is 5.24. The zero-order valence-electron chi connectivity index (χ0n) is 16.6. The number of fused-ring (bicyclic) bond motifs is 3. The Hall–Kier alpha value is -2.46. The Kier molecular flexibility index (Phi) is 6.86. The number of halogens is 3. The maximum absolute atomic E-state index is 12.2. The van der Waals surface area contributed by atoms with E-state index in [9.17, 15) is 4.79 Å². The molecule has 0 saturated carbocycles. The van der Waals surface area contributed by atoms with E-state index in [0.717, 1.165) is 5.56 Å². The average Bonchev–Trinajstić information content (AvgIpc) is 3.09. The Morgan fingerprint density at radius 3 is 2.29 bits per heavy atom. The van der Waals surface area contributed by atoms with E-state index in [4.69, 9.17) is 39.5 Å². The van der Waals surface area contributed by atoms with Crippen LogP contribution in [0.25, 0.3) is 17.2 Å². The Morgan fingerprint density at radius 2 is 1.61 bits per heavy atom. The van der Waals surface area contributed by atoms with E-state index in [1.165, 1.54) is 22.3 Å². The summed E-state index contributed by atoms with van der Waals surface area (Å²) < 4.78 is 5.52. The summed E-state index contributed by atoms with van der Waals surface area (Å²) in [5.74, 6) is 0.0489.